The molecular formula is C28H45N7O5. The highest BCUT2D eigenvalue weighted by atomic mass is 16.5. The molecule has 1 aromatic carbocycles. The quantitative estimate of drug-likeness (QED) is 0.141. The van der Waals surface area contributed by atoms with Gasteiger partial charge in [-0.2, -0.15) is 4.98 Å². The van der Waals surface area contributed by atoms with Crippen LogP contribution in [0.5, 0.6) is 11.5 Å². The number of benzene rings is 1. The van der Waals surface area contributed by atoms with Crippen molar-refractivity contribution in [2.45, 2.75) is 59.4 Å². The van der Waals surface area contributed by atoms with Crippen LogP contribution in [0.3, 0.4) is 0 Å². The van der Waals surface area contributed by atoms with E-state index in [2.05, 4.69) is 32.9 Å². The highest BCUT2D eigenvalue weighted by molar-refractivity contribution is 5.93. The van der Waals surface area contributed by atoms with Crippen molar-refractivity contribution in [1.82, 2.24) is 25.7 Å². The van der Waals surface area contributed by atoms with Gasteiger partial charge in [0.1, 0.15) is 5.82 Å². The molecule has 2 aromatic rings. The molecular weight excluding hydrogens is 514 g/mol. The number of carbonyl (C=O) groups is 2. The Balaban J connectivity index is 1.66. The topological polar surface area (TPSA) is 150 Å². The second-order valence-corrected chi connectivity index (χ2v) is 12.0. The molecule has 1 aliphatic rings. The summed E-state index contributed by atoms with van der Waals surface area (Å²) in [6.45, 7) is 10.2. The zero-order valence-electron chi connectivity index (χ0n) is 24.8. The van der Waals surface area contributed by atoms with Crippen LogP contribution in [0.4, 0.5) is 11.8 Å². The van der Waals surface area contributed by atoms with Gasteiger partial charge >= 0.3 is 0 Å². The van der Waals surface area contributed by atoms with Crippen molar-refractivity contribution in [1.29, 1.82) is 0 Å². The molecule has 12 heteroatoms. The Morgan fingerprint density at radius 2 is 1.70 bits per heavy atom. The second kappa shape index (κ2) is 13.3. The Morgan fingerprint density at radius 3 is 2.33 bits per heavy atom. The van der Waals surface area contributed by atoms with E-state index in [0.29, 0.717) is 48.5 Å². The standard InChI is InChI=1S/C28H45N7O5/c1-27(2,17-28(3,4)25(37)34-38)16-23(36)29-10-11-30-26-32-20-15-22(40-7)21(39-6)14-19(20)24(33-26)31-18-8-12-35(5)13-9-18/h14-15,18,38H,8-13,16-17H2,1-7H3,(H,29,36)(H,34,37)(H2,30,31,32,33). The number of fused-ring (bicyclic) bond motifs is 1. The highest BCUT2D eigenvalue weighted by Gasteiger charge is 2.35. The van der Waals surface area contributed by atoms with Gasteiger partial charge in [0.15, 0.2) is 11.5 Å². The zero-order chi connectivity index (χ0) is 29.5. The number of nitrogens with one attached hydrogen (secondary N) is 4. The lowest BCUT2D eigenvalue weighted by molar-refractivity contribution is -0.140. The molecule has 0 aliphatic carbocycles. The molecule has 1 fully saturated rings. The number of aromatic nitrogens is 2. The van der Waals surface area contributed by atoms with Crippen molar-refractivity contribution < 1.29 is 24.3 Å². The van der Waals surface area contributed by atoms with Crippen molar-refractivity contribution >= 4 is 34.5 Å². The summed E-state index contributed by atoms with van der Waals surface area (Å²) in [7, 11) is 5.33. The van der Waals surface area contributed by atoms with Crippen LogP contribution in [0, 0.1) is 10.8 Å². The fraction of sp³-hybridized carbons (Fsp3) is 0.643. The third kappa shape index (κ3) is 8.31. The van der Waals surface area contributed by atoms with E-state index in [1.165, 1.54) is 0 Å². The fourth-order valence-corrected chi connectivity index (χ4v) is 5.35. The van der Waals surface area contributed by atoms with E-state index < -0.39 is 16.7 Å². The number of carbonyl (C=O) groups excluding carboxylic acids is 2. The minimum atomic E-state index is -0.806. The number of likely N-dealkylation sites (tertiary alicyclic amines) is 1. The van der Waals surface area contributed by atoms with Gasteiger partial charge in [-0.3, -0.25) is 14.8 Å². The normalized spacial score (nSPS) is 15.0. The number of hydrogen-bond acceptors (Lipinski definition) is 10. The lowest BCUT2D eigenvalue weighted by atomic mass is 9.73. The first-order chi connectivity index (χ1) is 18.9. The summed E-state index contributed by atoms with van der Waals surface area (Å²) in [5.41, 5.74) is 1.18. The minimum Gasteiger partial charge on any atom is -0.493 e. The molecule has 0 unspecified atom stereocenters. The van der Waals surface area contributed by atoms with Crippen LogP contribution in [-0.4, -0.2) is 85.4 Å². The summed E-state index contributed by atoms with van der Waals surface area (Å²) >= 11 is 0. The number of methoxy groups -OCH3 is 2. The van der Waals surface area contributed by atoms with Gasteiger partial charge in [-0.25, -0.2) is 10.5 Å². The fourth-order valence-electron chi connectivity index (χ4n) is 5.35. The summed E-state index contributed by atoms with van der Waals surface area (Å²) < 4.78 is 11.0. The summed E-state index contributed by atoms with van der Waals surface area (Å²) in [6.07, 6.45) is 2.71. The third-order valence-corrected chi connectivity index (χ3v) is 7.27. The van der Waals surface area contributed by atoms with Crippen LogP contribution in [0.2, 0.25) is 0 Å². The van der Waals surface area contributed by atoms with E-state index in [4.69, 9.17) is 19.7 Å². The molecule has 2 heterocycles. The van der Waals surface area contributed by atoms with Gasteiger partial charge in [-0.05, 0) is 50.9 Å². The van der Waals surface area contributed by atoms with Crippen LogP contribution >= 0.6 is 0 Å². The van der Waals surface area contributed by atoms with E-state index in [9.17, 15) is 9.59 Å². The van der Waals surface area contributed by atoms with Gasteiger partial charge in [-0.1, -0.05) is 27.7 Å². The number of hydroxylamine groups is 1. The average molecular weight is 560 g/mol. The molecule has 0 bridgehead atoms. The number of piperidine rings is 1. The van der Waals surface area contributed by atoms with E-state index in [-0.39, 0.29) is 12.3 Å². The maximum absolute atomic E-state index is 12.6. The first-order valence-electron chi connectivity index (χ1n) is 13.7. The SMILES string of the molecule is COc1cc2nc(NCCNC(=O)CC(C)(C)CC(C)(C)C(=O)NO)nc(NC3CCN(C)CC3)c2cc1OC. The lowest BCUT2D eigenvalue weighted by Crippen LogP contribution is -2.40. The van der Waals surface area contributed by atoms with Crippen LogP contribution in [0.15, 0.2) is 12.1 Å². The number of nitrogens with zero attached hydrogens (tertiary/aromatic N) is 3. The average Bonchev–Trinajstić information content (AvgIpc) is 2.90. The first-order valence-corrected chi connectivity index (χ1v) is 13.7. The van der Waals surface area contributed by atoms with Crippen molar-refractivity contribution in [3.8, 4) is 11.5 Å². The maximum atomic E-state index is 12.6. The van der Waals surface area contributed by atoms with E-state index >= 15 is 0 Å². The van der Waals surface area contributed by atoms with Crippen molar-refractivity contribution in [2.75, 3.05) is 58.1 Å². The number of rotatable bonds is 13. The van der Waals surface area contributed by atoms with Gasteiger partial charge in [0, 0.05) is 42.4 Å². The second-order valence-electron chi connectivity index (χ2n) is 12.0. The molecule has 1 aliphatic heterocycles. The van der Waals surface area contributed by atoms with Crippen molar-refractivity contribution in [3.05, 3.63) is 12.1 Å². The van der Waals surface area contributed by atoms with Gasteiger partial charge in [-0.15, -0.1) is 0 Å². The van der Waals surface area contributed by atoms with Gasteiger partial charge < -0.3 is 30.3 Å². The Labute approximate surface area is 236 Å². The van der Waals surface area contributed by atoms with Gasteiger partial charge in [0.25, 0.3) is 0 Å². The number of anilines is 2. The predicted octanol–water partition coefficient (Wildman–Crippen LogP) is 3.02. The molecule has 12 nitrogen and oxygen atoms in total. The molecule has 5 N–H and O–H groups in total. The summed E-state index contributed by atoms with van der Waals surface area (Å²) in [5.74, 6) is 1.77. The summed E-state index contributed by atoms with van der Waals surface area (Å²) in [5, 5.41) is 19.6. The Hall–Kier alpha value is -3.38. The van der Waals surface area contributed by atoms with Crippen molar-refractivity contribution in [3.63, 3.8) is 0 Å². The summed E-state index contributed by atoms with van der Waals surface area (Å²) in [6, 6.07) is 4.03. The predicted molar refractivity (Wildman–Crippen MR) is 155 cm³/mol. The smallest absolute Gasteiger partial charge is 0.249 e. The molecule has 222 valence electrons. The van der Waals surface area contributed by atoms with Crippen LogP contribution in [-0.2, 0) is 9.59 Å². The largest absolute Gasteiger partial charge is 0.493 e. The van der Waals surface area contributed by atoms with E-state index in [1.807, 2.05) is 26.0 Å². The molecule has 1 saturated heterocycles. The molecule has 1 aromatic heterocycles. The monoisotopic (exact) mass is 559 g/mol. The van der Waals surface area contributed by atoms with Crippen LogP contribution in [0.25, 0.3) is 10.9 Å². The lowest BCUT2D eigenvalue weighted by Gasteiger charge is -2.32. The zero-order valence-corrected chi connectivity index (χ0v) is 24.8. The van der Waals surface area contributed by atoms with Crippen LogP contribution in [0.1, 0.15) is 53.4 Å². The first kappa shape index (κ1) is 31.2. The number of ether oxygens (including phenoxy) is 2. The minimum absolute atomic E-state index is 0.118. The van der Waals surface area contributed by atoms with Crippen LogP contribution < -0.4 is 30.9 Å². The van der Waals surface area contributed by atoms with Gasteiger partial charge in [0.2, 0.25) is 17.8 Å². The Morgan fingerprint density at radius 1 is 1.05 bits per heavy atom. The van der Waals surface area contributed by atoms with Gasteiger partial charge in [0.05, 0.1) is 19.7 Å². The van der Waals surface area contributed by atoms with Crippen molar-refractivity contribution in [2.24, 2.45) is 10.8 Å². The third-order valence-electron chi connectivity index (χ3n) is 7.27. The molecule has 0 radical (unpaired) electrons. The molecule has 2 amide bonds. The molecule has 0 saturated carbocycles. The van der Waals surface area contributed by atoms with E-state index in [1.54, 1.807) is 33.5 Å². The molecule has 3 rings (SSSR count). The van der Waals surface area contributed by atoms with E-state index in [0.717, 1.165) is 37.1 Å². The highest BCUT2D eigenvalue weighted by Crippen LogP contribution is 2.37. The molecule has 0 atom stereocenters. The maximum Gasteiger partial charge on any atom is 0.249 e. The summed E-state index contributed by atoms with van der Waals surface area (Å²) in [4.78, 5) is 36.4. The molecule has 0 spiro atoms. The molecule has 40 heavy (non-hydrogen) atoms. The Kier molecular flexibility index (Phi) is 10.4. The Bertz CT molecular complexity index is 1180. The number of hydrogen-bond donors (Lipinski definition) is 5. The number of amides is 2.